The number of urea groups is 1. The number of aliphatic carboxylic acids is 1. The first-order valence-electron chi connectivity index (χ1n) is 11.9. The van der Waals surface area contributed by atoms with Gasteiger partial charge >= 0.3 is 18.1 Å². The first-order valence-corrected chi connectivity index (χ1v) is 11.9. The van der Waals surface area contributed by atoms with Crippen LogP contribution < -0.4 is 10.6 Å². The van der Waals surface area contributed by atoms with Gasteiger partial charge in [0.2, 0.25) is 0 Å². The topological polar surface area (TPSA) is 108 Å². The summed E-state index contributed by atoms with van der Waals surface area (Å²) in [6.45, 7) is 2.59. The Morgan fingerprint density at radius 3 is 2.40 bits per heavy atom. The van der Waals surface area contributed by atoms with Crippen LogP contribution in [0.3, 0.4) is 0 Å². The van der Waals surface area contributed by atoms with E-state index in [2.05, 4.69) is 10.6 Å². The Kier molecular flexibility index (Phi) is 7.53. The highest BCUT2D eigenvalue weighted by Gasteiger charge is 2.28. The molecule has 8 nitrogen and oxygen atoms in total. The van der Waals surface area contributed by atoms with Crippen LogP contribution >= 0.6 is 0 Å². The van der Waals surface area contributed by atoms with Crippen LogP contribution in [0.4, 0.5) is 25.4 Å². The smallest absolute Gasteiger partial charge is 0.410 e. The number of nitrogens with zero attached hydrogens (tertiary/aromatic N) is 1. The van der Waals surface area contributed by atoms with Crippen molar-refractivity contribution >= 4 is 29.5 Å². The summed E-state index contributed by atoms with van der Waals surface area (Å²) in [7, 11) is 0. The number of hydrogen-bond donors (Lipinski definition) is 3. The number of amides is 3. The molecule has 0 aromatic heterocycles. The average Bonchev–Trinajstić information content (AvgIpc) is 2.82. The Hall–Kier alpha value is -3.62. The number of ether oxygens (including phenoxy) is 1. The van der Waals surface area contributed by atoms with Crippen LogP contribution in [0.5, 0.6) is 0 Å². The van der Waals surface area contributed by atoms with Gasteiger partial charge in [0.1, 0.15) is 11.9 Å². The van der Waals surface area contributed by atoms with Crippen LogP contribution in [0, 0.1) is 18.7 Å². The van der Waals surface area contributed by atoms with Gasteiger partial charge in [-0.2, -0.15) is 0 Å². The molecule has 1 aliphatic heterocycles. The highest BCUT2D eigenvalue weighted by molar-refractivity contribution is 5.99. The standard InChI is InChI=1S/C26H30FN3O5/c1-16-12-20(6-9-23(16)27)28-25(33)29-21-5-4-19-15-30(11-10-18(19)14-21)26(34)35-22-7-2-17(3-8-22)13-24(31)32/h4-6,9,12,14,17,22H,2-3,7-8,10-11,13,15H2,1H3,(H,31,32)(H2,28,29,33)/t17-,22-. The second kappa shape index (κ2) is 10.8. The summed E-state index contributed by atoms with van der Waals surface area (Å²) in [4.78, 5) is 37.6. The third kappa shape index (κ3) is 6.49. The zero-order valence-corrected chi connectivity index (χ0v) is 19.7. The van der Waals surface area contributed by atoms with Crippen LogP contribution in [-0.4, -0.2) is 40.7 Å². The van der Waals surface area contributed by atoms with Gasteiger partial charge in [0.05, 0.1) is 0 Å². The Labute approximate surface area is 203 Å². The Morgan fingerprint density at radius 2 is 1.71 bits per heavy atom. The summed E-state index contributed by atoms with van der Waals surface area (Å²) in [6, 6.07) is 9.54. The van der Waals surface area contributed by atoms with E-state index in [1.807, 2.05) is 12.1 Å². The van der Waals surface area contributed by atoms with E-state index in [1.54, 1.807) is 24.0 Å². The van der Waals surface area contributed by atoms with Crippen molar-refractivity contribution in [3.8, 4) is 0 Å². The number of anilines is 2. The highest BCUT2D eigenvalue weighted by Crippen LogP contribution is 2.30. The normalized spacial score (nSPS) is 19.4. The number of benzene rings is 2. The number of rotatable bonds is 5. The molecule has 4 rings (SSSR count). The van der Waals surface area contributed by atoms with Gasteiger partial charge in [0, 0.05) is 30.9 Å². The molecule has 1 aliphatic carbocycles. The highest BCUT2D eigenvalue weighted by atomic mass is 19.1. The van der Waals surface area contributed by atoms with Gasteiger partial charge in [-0.3, -0.25) is 4.79 Å². The van der Waals surface area contributed by atoms with Crippen molar-refractivity contribution in [3.05, 3.63) is 58.9 Å². The molecule has 2 aromatic carbocycles. The number of aryl methyl sites for hydroxylation is 1. The number of carboxylic acid groups (broad SMARTS) is 1. The molecule has 3 N–H and O–H groups in total. The Bertz CT molecular complexity index is 1110. The van der Waals surface area contributed by atoms with Crippen molar-refractivity contribution in [2.45, 2.75) is 58.1 Å². The predicted molar refractivity (Wildman–Crippen MR) is 129 cm³/mol. The Morgan fingerprint density at radius 1 is 1.03 bits per heavy atom. The number of carboxylic acids is 1. The van der Waals surface area contributed by atoms with Crippen molar-refractivity contribution in [1.82, 2.24) is 4.90 Å². The molecule has 0 unspecified atom stereocenters. The van der Waals surface area contributed by atoms with Crippen molar-refractivity contribution in [3.63, 3.8) is 0 Å². The molecule has 1 heterocycles. The van der Waals surface area contributed by atoms with Crippen LogP contribution in [0.2, 0.25) is 0 Å². The first-order chi connectivity index (χ1) is 16.8. The molecule has 3 amide bonds. The number of hydrogen-bond acceptors (Lipinski definition) is 4. The van der Waals surface area contributed by atoms with Gasteiger partial charge in [-0.25, -0.2) is 14.0 Å². The molecule has 1 fully saturated rings. The van der Waals surface area contributed by atoms with Gasteiger partial charge < -0.3 is 25.4 Å². The zero-order valence-electron chi connectivity index (χ0n) is 19.7. The summed E-state index contributed by atoms with van der Waals surface area (Å²) in [5.41, 5.74) is 3.64. The van der Waals surface area contributed by atoms with Gasteiger partial charge in [-0.05, 0) is 92.0 Å². The second-order valence-electron chi connectivity index (χ2n) is 9.32. The minimum atomic E-state index is -0.778. The third-order valence-electron chi connectivity index (χ3n) is 6.67. The summed E-state index contributed by atoms with van der Waals surface area (Å²) in [5.74, 6) is -0.944. The van der Waals surface area contributed by atoms with Crippen molar-refractivity contribution in [2.75, 3.05) is 17.2 Å². The molecule has 0 bridgehead atoms. The molecule has 186 valence electrons. The van der Waals surface area contributed by atoms with E-state index >= 15 is 0 Å². The van der Waals surface area contributed by atoms with E-state index in [4.69, 9.17) is 9.84 Å². The maximum absolute atomic E-state index is 13.4. The summed E-state index contributed by atoms with van der Waals surface area (Å²) in [5, 5.41) is 14.4. The van der Waals surface area contributed by atoms with E-state index in [1.165, 1.54) is 12.1 Å². The van der Waals surface area contributed by atoms with Crippen molar-refractivity contribution in [2.24, 2.45) is 5.92 Å². The average molecular weight is 484 g/mol. The van der Waals surface area contributed by atoms with E-state index in [9.17, 15) is 18.8 Å². The molecule has 1 saturated carbocycles. The van der Waals surface area contributed by atoms with Crippen molar-refractivity contribution in [1.29, 1.82) is 0 Å². The lowest BCUT2D eigenvalue weighted by Gasteiger charge is -2.32. The molecule has 2 aromatic rings. The SMILES string of the molecule is Cc1cc(NC(=O)Nc2ccc3c(c2)CCN(C(=O)O[C@H]2CC[C@H](CC(=O)O)CC2)C3)ccc1F. The number of carbonyl (C=O) groups is 3. The second-order valence-corrected chi connectivity index (χ2v) is 9.32. The molecule has 0 atom stereocenters. The van der Waals surface area contributed by atoms with Gasteiger partial charge in [0.25, 0.3) is 0 Å². The minimum Gasteiger partial charge on any atom is -0.481 e. The predicted octanol–water partition coefficient (Wildman–Crippen LogP) is 5.31. The van der Waals surface area contributed by atoms with Crippen molar-refractivity contribution < 1.29 is 28.6 Å². The minimum absolute atomic E-state index is 0.161. The molecule has 0 saturated heterocycles. The largest absolute Gasteiger partial charge is 0.481 e. The zero-order chi connectivity index (χ0) is 24.9. The lowest BCUT2D eigenvalue weighted by molar-refractivity contribution is -0.138. The van der Waals surface area contributed by atoms with E-state index in [-0.39, 0.29) is 30.4 Å². The Balaban J connectivity index is 1.27. The quantitative estimate of drug-likeness (QED) is 0.534. The van der Waals surface area contributed by atoms with E-state index < -0.39 is 12.0 Å². The lowest BCUT2D eigenvalue weighted by atomic mass is 9.85. The van der Waals surface area contributed by atoms with Crippen LogP contribution in [0.25, 0.3) is 0 Å². The van der Waals surface area contributed by atoms with Gasteiger partial charge in [-0.15, -0.1) is 0 Å². The number of nitrogens with one attached hydrogen (secondary N) is 2. The third-order valence-corrected chi connectivity index (χ3v) is 6.67. The summed E-state index contributed by atoms with van der Waals surface area (Å²) in [6.07, 6.45) is 3.23. The fourth-order valence-electron chi connectivity index (χ4n) is 4.72. The fourth-order valence-corrected chi connectivity index (χ4v) is 4.72. The fraction of sp³-hybridized carbons (Fsp3) is 0.423. The molecule has 2 aliphatic rings. The van der Waals surface area contributed by atoms with Crippen LogP contribution in [0.15, 0.2) is 36.4 Å². The number of fused-ring (bicyclic) bond motifs is 1. The van der Waals surface area contributed by atoms with Gasteiger partial charge in [0.15, 0.2) is 0 Å². The van der Waals surface area contributed by atoms with E-state index in [0.29, 0.717) is 49.3 Å². The molecule has 0 radical (unpaired) electrons. The molecular weight excluding hydrogens is 453 g/mol. The van der Waals surface area contributed by atoms with Crippen LogP contribution in [-0.2, 0) is 22.5 Å². The maximum Gasteiger partial charge on any atom is 0.410 e. The lowest BCUT2D eigenvalue weighted by Crippen LogP contribution is -2.39. The van der Waals surface area contributed by atoms with Gasteiger partial charge in [-0.1, -0.05) is 6.07 Å². The summed E-state index contributed by atoms with van der Waals surface area (Å²) >= 11 is 0. The first kappa shape index (κ1) is 24.5. The molecule has 35 heavy (non-hydrogen) atoms. The monoisotopic (exact) mass is 483 g/mol. The molecule has 0 spiro atoms. The number of halogens is 1. The van der Waals surface area contributed by atoms with E-state index in [0.717, 1.165) is 24.0 Å². The molecular formula is C26H30FN3O5. The molecule has 9 heteroatoms. The van der Waals surface area contributed by atoms with Crippen LogP contribution in [0.1, 0.15) is 48.8 Å². The maximum atomic E-state index is 13.4. The number of carbonyl (C=O) groups excluding carboxylic acids is 2. The summed E-state index contributed by atoms with van der Waals surface area (Å²) < 4.78 is 19.1.